The molecular formula is C19H20F3N3O2. The first-order valence-electron chi connectivity index (χ1n) is 8.54. The van der Waals surface area contributed by atoms with E-state index in [-0.39, 0.29) is 16.9 Å². The van der Waals surface area contributed by atoms with Crippen molar-refractivity contribution in [1.82, 2.24) is 10.3 Å². The van der Waals surface area contributed by atoms with E-state index in [2.05, 4.69) is 15.6 Å². The standard InChI is InChI=1S/C19H20F3N3O2/c1-2-3-6-10-24-18(27)16-12-13(9-11-23-16)17(26)25-15-8-5-4-7-14(15)19(20,21)22/h4-5,7-9,11-12H,2-3,6,10H2,1H3,(H,24,27)(H,25,26). The number of carbonyl (C=O) groups excluding carboxylic acids is 2. The molecule has 0 spiro atoms. The van der Waals surface area contributed by atoms with E-state index >= 15 is 0 Å². The van der Waals surface area contributed by atoms with Crippen molar-refractivity contribution < 1.29 is 22.8 Å². The highest BCUT2D eigenvalue weighted by molar-refractivity contribution is 6.06. The Hall–Kier alpha value is -2.90. The number of rotatable bonds is 7. The number of benzene rings is 1. The van der Waals surface area contributed by atoms with Crippen molar-refractivity contribution in [1.29, 1.82) is 0 Å². The van der Waals surface area contributed by atoms with Crippen molar-refractivity contribution in [3.8, 4) is 0 Å². The average Bonchev–Trinajstić information content (AvgIpc) is 2.64. The van der Waals surface area contributed by atoms with Gasteiger partial charge in [0, 0.05) is 18.3 Å². The van der Waals surface area contributed by atoms with Gasteiger partial charge in [0.15, 0.2) is 0 Å². The number of hydrogen-bond donors (Lipinski definition) is 2. The van der Waals surface area contributed by atoms with Gasteiger partial charge in [-0.05, 0) is 30.7 Å². The largest absolute Gasteiger partial charge is 0.418 e. The predicted molar refractivity (Wildman–Crippen MR) is 95.5 cm³/mol. The third-order valence-corrected chi connectivity index (χ3v) is 3.80. The SMILES string of the molecule is CCCCCNC(=O)c1cc(C(=O)Nc2ccccc2C(F)(F)F)ccn1. The van der Waals surface area contributed by atoms with E-state index in [1.54, 1.807) is 0 Å². The minimum Gasteiger partial charge on any atom is -0.351 e. The second kappa shape index (κ2) is 9.16. The van der Waals surface area contributed by atoms with Gasteiger partial charge in [-0.3, -0.25) is 14.6 Å². The van der Waals surface area contributed by atoms with Crippen LogP contribution in [0.15, 0.2) is 42.6 Å². The molecule has 1 aromatic carbocycles. The van der Waals surface area contributed by atoms with Crippen LogP contribution in [0.4, 0.5) is 18.9 Å². The molecule has 144 valence electrons. The molecule has 8 heteroatoms. The van der Waals surface area contributed by atoms with Crippen LogP contribution in [0.1, 0.15) is 52.6 Å². The van der Waals surface area contributed by atoms with Crippen LogP contribution >= 0.6 is 0 Å². The van der Waals surface area contributed by atoms with Gasteiger partial charge in [-0.1, -0.05) is 31.9 Å². The number of nitrogens with zero attached hydrogens (tertiary/aromatic N) is 1. The van der Waals surface area contributed by atoms with E-state index in [9.17, 15) is 22.8 Å². The quantitative estimate of drug-likeness (QED) is 0.706. The number of amides is 2. The molecule has 0 atom stereocenters. The van der Waals surface area contributed by atoms with Crippen LogP contribution in [0.3, 0.4) is 0 Å². The van der Waals surface area contributed by atoms with Crippen molar-refractivity contribution in [2.75, 3.05) is 11.9 Å². The highest BCUT2D eigenvalue weighted by Crippen LogP contribution is 2.34. The number of carbonyl (C=O) groups is 2. The Balaban J connectivity index is 2.11. The molecule has 0 aliphatic carbocycles. The number of aromatic nitrogens is 1. The monoisotopic (exact) mass is 379 g/mol. The lowest BCUT2D eigenvalue weighted by Crippen LogP contribution is -2.26. The van der Waals surface area contributed by atoms with E-state index in [4.69, 9.17) is 0 Å². The summed E-state index contributed by atoms with van der Waals surface area (Å²) in [4.78, 5) is 28.3. The lowest BCUT2D eigenvalue weighted by atomic mass is 10.1. The van der Waals surface area contributed by atoms with E-state index in [1.807, 2.05) is 6.92 Å². The van der Waals surface area contributed by atoms with Gasteiger partial charge >= 0.3 is 6.18 Å². The molecule has 27 heavy (non-hydrogen) atoms. The van der Waals surface area contributed by atoms with E-state index in [1.165, 1.54) is 36.5 Å². The van der Waals surface area contributed by atoms with E-state index < -0.39 is 23.6 Å². The molecule has 0 aliphatic rings. The molecule has 2 aromatic rings. The molecule has 5 nitrogen and oxygen atoms in total. The van der Waals surface area contributed by atoms with Gasteiger partial charge < -0.3 is 10.6 Å². The fourth-order valence-corrected chi connectivity index (χ4v) is 2.40. The number of hydrogen-bond acceptors (Lipinski definition) is 3. The van der Waals surface area contributed by atoms with Crippen molar-refractivity contribution >= 4 is 17.5 Å². The van der Waals surface area contributed by atoms with Gasteiger partial charge in [0.05, 0.1) is 11.3 Å². The molecule has 2 rings (SSSR count). The van der Waals surface area contributed by atoms with Crippen LogP contribution in [-0.4, -0.2) is 23.3 Å². The molecule has 0 fully saturated rings. The van der Waals surface area contributed by atoms with E-state index in [0.29, 0.717) is 6.54 Å². The average molecular weight is 379 g/mol. The first-order valence-corrected chi connectivity index (χ1v) is 8.54. The summed E-state index contributed by atoms with van der Waals surface area (Å²) < 4.78 is 39.1. The Kier molecular flexibility index (Phi) is 6.92. The van der Waals surface area contributed by atoms with Crippen molar-refractivity contribution in [3.63, 3.8) is 0 Å². The van der Waals surface area contributed by atoms with Crippen LogP contribution < -0.4 is 10.6 Å². The van der Waals surface area contributed by atoms with Gasteiger partial charge in [0.2, 0.25) is 0 Å². The van der Waals surface area contributed by atoms with Crippen LogP contribution in [0.5, 0.6) is 0 Å². The molecule has 0 radical (unpaired) electrons. The predicted octanol–water partition coefficient (Wildman–Crippen LogP) is 4.27. The molecule has 2 N–H and O–H groups in total. The Bertz CT molecular complexity index is 807. The zero-order chi connectivity index (χ0) is 19.9. The summed E-state index contributed by atoms with van der Waals surface area (Å²) in [5.74, 6) is -1.19. The molecule has 0 unspecified atom stereocenters. The fraction of sp³-hybridized carbons (Fsp3) is 0.316. The molecular weight excluding hydrogens is 359 g/mol. The Morgan fingerprint density at radius 1 is 1.07 bits per heavy atom. The summed E-state index contributed by atoms with van der Waals surface area (Å²) in [6, 6.07) is 7.28. The molecule has 0 saturated heterocycles. The van der Waals surface area contributed by atoms with Crippen molar-refractivity contribution in [2.24, 2.45) is 0 Å². The number of para-hydroxylation sites is 1. The second-order valence-corrected chi connectivity index (χ2v) is 5.89. The third-order valence-electron chi connectivity index (χ3n) is 3.80. The Morgan fingerprint density at radius 3 is 2.52 bits per heavy atom. The smallest absolute Gasteiger partial charge is 0.351 e. The van der Waals surface area contributed by atoms with Crippen molar-refractivity contribution in [3.05, 3.63) is 59.4 Å². The number of halogens is 3. The minimum atomic E-state index is -4.59. The first kappa shape index (κ1) is 20.4. The fourth-order valence-electron chi connectivity index (χ4n) is 2.40. The number of nitrogens with one attached hydrogen (secondary N) is 2. The molecule has 0 aliphatic heterocycles. The summed E-state index contributed by atoms with van der Waals surface area (Å²) in [5, 5.41) is 4.94. The van der Waals surface area contributed by atoms with Crippen LogP contribution in [0.25, 0.3) is 0 Å². The normalized spacial score (nSPS) is 11.1. The minimum absolute atomic E-state index is 0.0308. The molecule has 0 bridgehead atoms. The lowest BCUT2D eigenvalue weighted by Gasteiger charge is -2.13. The maximum absolute atomic E-state index is 13.0. The summed E-state index contributed by atoms with van der Waals surface area (Å²) in [5.41, 5.74) is -1.22. The molecule has 1 heterocycles. The van der Waals surface area contributed by atoms with Crippen molar-refractivity contribution in [2.45, 2.75) is 32.4 Å². The summed E-state index contributed by atoms with van der Waals surface area (Å²) in [6.45, 7) is 2.53. The number of anilines is 1. The number of unbranched alkanes of at least 4 members (excludes halogenated alkanes) is 2. The zero-order valence-corrected chi connectivity index (χ0v) is 14.8. The van der Waals surface area contributed by atoms with Crippen LogP contribution in [0.2, 0.25) is 0 Å². The van der Waals surface area contributed by atoms with Gasteiger partial charge in [-0.15, -0.1) is 0 Å². The Labute approximate surface area is 155 Å². The van der Waals surface area contributed by atoms with Gasteiger partial charge in [-0.2, -0.15) is 13.2 Å². The highest BCUT2D eigenvalue weighted by Gasteiger charge is 2.33. The van der Waals surface area contributed by atoms with Gasteiger partial charge in [-0.25, -0.2) is 0 Å². The zero-order valence-electron chi connectivity index (χ0n) is 14.8. The molecule has 0 saturated carbocycles. The number of alkyl halides is 3. The van der Waals surface area contributed by atoms with Crippen LogP contribution in [0, 0.1) is 0 Å². The first-order chi connectivity index (χ1) is 12.8. The summed E-state index contributed by atoms with van der Waals surface area (Å²) in [6.07, 6.45) is -0.494. The molecule has 1 aromatic heterocycles. The topological polar surface area (TPSA) is 71.1 Å². The lowest BCUT2D eigenvalue weighted by molar-refractivity contribution is -0.136. The van der Waals surface area contributed by atoms with Gasteiger partial charge in [0.1, 0.15) is 5.69 Å². The third kappa shape index (κ3) is 5.80. The molecule has 2 amide bonds. The highest BCUT2D eigenvalue weighted by atomic mass is 19.4. The Morgan fingerprint density at radius 2 is 1.81 bits per heavy atom. The van der Waals surface area contributed by atoms with E-state index in [0.717, 1.165) is 25.3 Å². The maximum Gasteiger partial charge on any atom is 0.418 e. The second-order valence-electron chi connectivity index (χ2n) is 5.89. The van der Waals surface area contributed by atoms with Crippen LogP contribution in [-0.2, 0) is 6.18 Å². The summed E-state index contributed by atoms with van der Waals surface area (Å²) in [7, 11) is 0. The summed E-state index contributed by atoms with van der Waals surface area (Å²) >= 11 is 0. The maximum atomic E-state index is 13.0. The number of pyridine rings is 1. The van der Waals surface area contributed by atoms with Gasteiger partial charge in [0.25, 0.3) is 11.8 Å².